The zero-order valence-corrected chi connectivity index (χ0v) is 21.8. The maximum Gasteiger partial charge on any atom is 0.251 e. The van der Waals surface area contributed by atoms with E-state index in [2.05, 4.69) is 17.1 Å². The molecule has 1 amide bonds. The third-order valence-electron chi connectivity index (χ3n) is 6.13. The van der Waals surface area contributed by atoms with Crippen molar-refractivity contribution in [3.63, 3.8) is 0 Å². The lowest BCUT2D eigenvalue weighted by Gasteiger charge is -2.37. The number of rotatable bonds is 6. The van der Waals surface area contributed by atoms with Gasteiger partial charge in [0.25, 0.3) is 5.91 Å². The number of carbonyl (C=O) groups excluding carboxylic acids is 1. The van der Waals surface area contributed by atoms with Gasteiger partial charge in [-0.3, -0.25) is 9.79 Å². The number of aryl methyl sites for hydroxylation is 3. The summed E-state index contributed by atoms with van der Waals surface area (Å²) < 4.78 is 5.56. The van der Waals surface area contributed by atoms with Gasteiger partial charge in [0.2, 0.25) is 0 Å². The van der Waals surface area contributed by atoms with E-state index in [-0.39, 0.29) is 36.0 Å². The number of nitrogens with zero attached hydrogens (tertiary/aromatic N) is 4. The number of ether oxygens (including phenoxy) is 1. The highest BCUT2D eigenvalue weighted by molar-refractivity contribution is 14.0. The van der Waals surface area contributed by atoms with Gasteiger partial charge in [0.15, 0.2) is 5.96 Å². The number of fused-ring (bicyclic) bond motifs is 1. The number of carbonyl (C=O) groups is 1. The highest BCUT2D eigenvalue weighted by Gasteiger charge is 2.30. The summed E-state index contributed by atoms with van der Waals surface area (Å²) in [6, 6.07) is 0. The number of hydrogen-bond donors (Lipinski definition) is 1. The Kier molecular flexibility index (Phi) is 9.83. The Bertz CT molecular complexity index is 719. The van der Waals surface area contributed by atoms with Gasteiger partial charge in [-0.15, -0.1) is 35.3 Å². The topological polar surface area (TPSA) is 70.1 Å². The molecule has 1 aromatic heterocycles. The minimum Gasteiger partial charge on any atom is -0.368 e. The molecule has 0 radical (unpaired) electrons. The van der Waals surface area contributed by atoms with E-state index in [0.717, 1.165) is 83.9 Å². The molecule has 0 aromatic carbocycles. The lowest BCUT2D eigenvalue weighted by molar-refractivity contribution is -0.142. The van der Waals surface area contributed by atoms with Crippen molar-refractivity contribution in [2.24, 2.45) is 4.99 Å². The molecule has 1 atom stereocenters. The highest BCUT2D eigenvalue weighted by atomic mass is 127. The van der Waals surface area contributed by atoms with Crippen LogP contribution in [0.25, 0.3) is 0 Å². The number of thiazole rings is 1. The summed E-state index contributed by atoms with van der Waals surface area (Å²) in [5.41, 5.74) is 1.36. The van der Waals surface area contributed by atoms with Crippen LogP contribution in [-0.2, 0) is 28.8 Å². The van der Waals surface area contributed by atoms with Gasteiger partial charge in [-0.1, -0.05) is 0 Å². The summed E-state index contributed by atoms with van der Waals surface area (Å²) in [7, 11) is 0. The maximum absolute atomic E-state index is 12.6. The van der Waals surface area contributed by atoms with Crippen LogP contribution in [0, 0.1) is 0 Å². The molecule has 3 heterocycles. The van der Waals surface area contributed by atoms with Crippen molar-refractivity contribution in [3.05, 3.63) is 15.6 Å². The lowest BCUT2D eigenvalue weighted by Crippen LogP contribution is -2.55. The van der Waals surface area contributed by atoms with Gasteiger partial charge in [-0.2, -0.15) is 0 Å². The van der Waals surface area contributed by atoms with Crippen molar-refractivity contribution >= 4 is 47.2 Å². The van der Waals surface area contributed by atoms with Crippen molar-refractivity contribution in [1.29, 1.82) is 0 Å². The summed E-state index contributed by atoms with van der Waals surface area (Å²) in [6.07, 6.45) is 8.68. The van der Waals surface area contributed by atoms with Crippen molar-refractivity contribution < 1.29 is 9.53 Å². The molecular weight excluding hydrogens is 525 g/mol. The molecule has 2 fully saturated rings. The minimum absolute atomic E-state index is 0. The van der Waals surface area contributed by atoms with E-state index in [1.165, 1.54) is 34.8 Å². The molecule has 2 saturated heterocycles. The Morgan fingerprint density at radius 1 is 1.19 bits per heavy atom. The molecule has 1 aliphatic carbocycles. The molecule has 4 rings (SSSR count). The van der Waals surface area contributed by atoms with Crippen LogP contribution in [0.3, 0.4) is 0 Å². The molecule has 7 nitrogen and oxygen atoms in total. The van der Waals surface area contributed by atoms with Crippen LogP contribution in [0.4, 0.5) is 0 Å². The van der Waals surface area contributed by atoms with E-state index in [1.807, 2.05) is 16.2 Å². The highest BCUT2D eigenvalue weighted by Crippen LogP contribution is 2.27. The second-order valence-electron chi connectivity index (χ2n) is 8.34. The number of aliphatic imine (C=N–C) groups is 1. The SMILES string of the molecule is CCNC(=NCCCc1nc2c(s1)CCCC2)N1CCN(C(=O)C2CCCO2)CC1.I. The number of hydrogen-bond acceptors (Lipinski definition) is 5. The van der Waals surface area contributed by atoms with Gasteiger partial charge in [-0.05, 0) is 51.9 Å². The van der Waals surface area contributed by atoms with Gasteiger partial charge in [0.05, 0.1) is 10.7 Å². The Labute approximate surface area is 207 Å². The van der Waals surface area contributed by atoms with Crippen LogP contribution in [0.1, 0.15) is 54.6 Å². The number of amides is 1. The number of guanidine groups is 1. The third kappa shape index (κ3) is 6.54. The lowest BCUT2D eigenvalue weighted by atomic mass is 10.0. The Hall–Kier alpha value is -0.940. The predicted octanol–water partition coefficient (Wildman–Crippen LogP) is 2.86. The van der Waals surface area contributed by atoms with Gasteiger partial charge in [-0.25, -0.2) is 4.98 Å². The van der Waals surface area contributed by atoms with E-state index >= 15 is 0 Å². The second kappa shape index (κ2) is 12.3. The van der Waals surface area contributed by atoms with Crippen molar-refractivity contribution in [1.82, 2.24) is 20.1 Å². The fraction of sp³-hybridized carbons (Fsp3) is 0.773. The number of nitrogens with one attached hydrogen (secondary N) is 1. The van der Waals surface area contributed by atoms with Crippen molar-refractivity contribution in [2.45, 2.75) is 64.4 Å². The molecule has 31 heavy (non-hydrogen) atoms. The Morgan fingerprint density at radius 3 is 2.68 bits per heavy atom. The van der Waals surface area contributed by atoms with E-state index < -0.39 is 0 Å². The van der Waals surface area contributed by atoms with Crippen LogP contribution in [0.2, 0.25) is 0 Å². The first kappa shape index (κ1) is 24.7. The van der Waals surface area contributed by atoms with Gasteiger partial charge >= 0.3 is 0 Å². The van der Waals surface area contributed by atoms with Crippen LogP contribution >= 0.6 is 35.3 Å². The van der Waals surface area contributed by atoms with E-state index in [1.54, 1.807) is 0 Å². The molecule has 1 aromatic rings. The Balaban J connectivity index is 0.00000272. The average Bonchev–Trinajstić information content (AvgIpc) is 3.45. The van der Waals surface area contributed by atoms with E-state index in [4.69, 9.17) is 14.7 Å². The van der Waals surface area contributed by atoms with Crippen molar-refractivity contribution in [3.8, 4) is 0 Å². The summed E-state index contributed by atoms with van der Waals surface area (Å²) in [5.74, 6) is 1.14. The summed E-state index contributed by atoms with van der Waals surface area (Å²) >= 11 is 1.91. The largest absolute Gasteiger partial charge is 0.368 e. The fourth-order valence-electron chi connectivity index (χ4n) is 4.47. The van der Waals surface area contributed by atoms with Gasteiger partial charge < -0.3 is 19.9 Å². The first-order valence-electron chi connectivity index (χ1n) is 11.7. The third-order valence-corrected chi connectivity index (χ3v) is 7.35. The minimum atomic E-state index is -0.213. The van der Waals surface area contributed by atoms with E-state index in [9.17, 15) is 4.79 Å². The first-order valence-corrected chi connectivity index (χ1v) is 12.5. The molecule has 2 aliphatic heterocycles. The standard InChI is InChI=1S/C22H35N5O2S.HI/c1-2-23-22(24-11-5-10-20-25-17-7-3-4-9-19(17)30-20)27-14-12-26(13-15-27)21(28)18-8-6-16-29-18;/h18H,2-16H2,1H3,(H,23,24);1H. The summed E-state index contributed by atoms with van der Waals surface area (Å²) in [5, 5.41) is 4.71. The number of aromatic nitrogens is 1. The molecule has 1 N–H and O–H groups in total. The van der Waals surface area contributed by atoms with Gasteiger partial charge in [0, 0.05) is 57.2 Å². The fourth-order valence-corrected chi connectivity index (χ4v) is 5.67. The quantitative estimate of drug-likeness (QED) is 0.251. The van der Waals surface area contributed by atoms with Crippen LogP contribution in [0.15, 0.2) is 4.99 Å². The zero-order chi connectivity index (χ0) is 20.8. The normalized spacial score (nSPS) is 21.6. The zero-order valence-electron chi connectivity index (χ0n) is 18.6. The Morgan fingerprint density at radius 2 is 1.97 bits per heavy atom. The average molecular weight is 562 g/mol. The molecule has 0 saturated carbocycles. The monoisotopic (exact) mass is 561 g/mol. The maximum atomic E-state index is 12.6. The summed E-state index contributed by atoms with van der Waals surface area (Å²) in [6.45, 7) is 7.62. The molecular formula is C22H36IN5O2S. The van der Waals surface area contributed by atoms with Crippen LogP contribution in [0.5, 0.6) is 0 Å². The first-order chi connectivity index (χ1) is 14.7. The van der Waals surface area contributed by atoms with Gasteiger partial charge in [0.1, 0.15) is 6.10 Å². The predicted molar refractivity (Wildman–Crippen MR) is 136 cm³/mol. The van der Waals surface area contributed by atoms with Crippen LogP contribution in [-0.4, -0.2) is 78.6 Å². The van der Waals surface area contributed by atoms with Crippen molar-refractivity contribution in [2.75, 3.05) is 45.9 Å². The number of halogens is 1. The van der Waals surface area contributed by atoms with Crippen LogP contribution < -0.4 is 5.32 Å². The molecule has 0 spiro atoms. The smallest absolute Gasteiger partial charge is 0.251 e. The molecule has 3 aliphatic rings. The number of piperazine rings is 1. The van der Waals surface area contributed by atoms with E-state index in [0.29, 0.717) is 0 Å². The second-order valence-corrected chi connectivity index (χ2v) is 9.51. The molecule has 0 bridgehead atoms. The summed E-state index contributed by atoms with van der Waals surface area (Å²) in [4.78, 5) is 28.0. The molecule has 174 valence electrons. The molecule has 1 unspecified atom stereocenters. The molecule has 9 heteroatoms.